The van der Waals surface area contributed by atoms with Crippen LogP contribution in [-0.2, 0) is 9.53 Å². The van der Waals surface area contributed by atoms with Gasteiger partial charge < -0.3 is 29.9 Å². The van der Waals surface area contributed by atoms with Gasteiger partial charge in [0.2, 0.25) is 5.91 Å². The summed E-state index contributed by atoms with van der Waals surface area (Å²) in [5.41, 5.74) is 2.32. The number of piperazine rings is 1. The minimum absolute atomic E-state index is 0.0268. The van der Waals surface area contributed by atoms with Crippen molar-refractivity contribution in [3.8, 4) is 5.75 Å². The molecule has 2 fully saturated rings. The van der Waals surface area contributed by atoms with Crippen LogP contribution in [0.25, 0.3) is 0 Å². The molecule has 1 atom stereocenters. The minimum atomic E-state index is -0.158. The van der Waals surface area contributed by atoms with Gasteiger partial charge in [0.1, 0.15) is 5.75 Å². The van der Waals surface area contributed by atoms with Gasteiger partial charge in [-0.2, -0.15) is 0 Å². The predicted octanol–water partition coefficient (Wildman–Crippen LogP) is 2.36. The van der Waals surface area contributed by atoms with Crippen molar-refractivity contribution < 1.29 is 19.1 Å². The van der Waals surface area contributed by atoms with E-state index in [0.29, 0.717) is 30.9 Å². The highest BCUT2D eigenvalue weighted by Crippen LogP contribution is 2.21. The van der Waals surface area contributed by atoms with Crippen molar-refractivity contribution in [2.45, 2.75) is 18.9 Å². The fourth-order valence-electron chi connectivity index (χ4n) is 4.23. The quantitative estimate of drug-likeness (QED) is 0.640. The van der Waals surface area contributed by atoms with E-state index in [-0.39, 0.29) is 24.5 Å². The second-order valence-corrected chi connectivity index (χ2v) is 8.31. The first-order chi connectivity index (χ1) is 16.1. The molecule has 8 nitrogen and oxygen atoms in total. The SMILES string of the molecule is COc1ccc(N2CCN(C(=O)CNc3ccccc3C(=O)NCC3CCCO3)CC2)cc1. The van der Waals surface area contributed by atoms with E-state index in [0.717, 1.165) is 44.0 Å². The molecule has 2 amide bonds. The van der Waals surface area contributed by atoms with Crippen LogP contribution in [0.5, 0.6) is 5.75 Å². The lowest BCUT2D eigenvalue weighted by Gasteiger charge is -2.36. The number of hydrogen-bond acceptors (Lipinski definition) is 6. The lowest BCUT2D eigenvalue weighted by atomic mass is 10.1. The van der Waals surface area contributed by atoms with Gasteiger partial charge in [-0.1, -0.05) is 12.1 Å². The van der Waals surface area contributed by atoms with Crippen LogP contribution in [0.3, 0.4) is 0 Å². The summed E-state index contributed by atoms with van der Waals surface area (Å²) >= 11 is 0. The van der Waals surface area contributed by atoms with E-state index in [1.807, 2.05) is 47.4 Å². The molecule has 0 bridgehead atoms. The van der Waals surface area contributed by atoms with Gasteiger partial charge >= 0.3 is 0 Å². The summed E-state index contributed by atoms with van der Waals surface area (Å²) in [5, 5.41) is 6.11. The van der Waals surface area contributed by atoms with Crippen molar-refractivity contribution in [2.75, 3.05) is 63.2 Å². The number of carbonyl (C=O) groups excluding carboxylic acids is 2. The van der Waals surface area contributed by atoms with Crippen LogP contribution >= 0.6 is 0 Å². The minimum Gasteiger partial charge on any atom is -0.497 e. The van der Waals surface area contributed by atoms with Gasteiger partial charge in [-0.3, -0.25) is 9.59 Å². The number of nitrogens with one attached hydrogen (secondary N) is 2. The van der Waals surface area contributed by atoms with Crippen LogP contribution in [0.15, 0.2) is 48.5 Å². The fourth-order valence-corrected chi connectivity index (χ4v) is 4.23. The van der Waals surface area contributed by atoms with Gasteiger partial charge in [0, 0.05) is 50.7 Å². The highest BCUT2D eigenvalue weighted by atomic mass is 16.5. The summed E-state index contributed by atoms with van der Waals surface area (Å²) in [7, 11) is 1.66. The second-order valence-electron chi connectivity index (χ2n) is 8.31. The fraction of sp³-hybridized carbons (Fsp3) is 0.440. The van der Waals surface area contributed by atoms with Gasteiger partial charge in [-0.25, -0.2) is 0 Å². The van der Waals surface area contributed by atoms with Crippen molar-refractivity contribution in [2.24, 2.45) is 0 Å². The van der Waals surface area contributed by atoms with Gasteiger partial charge in [0.25, 0.3) is 5.91 Å². The zero-order valence-electron chi connectivity index (χ0n) is 19.1. The van der Waals surface area contributed by atoms with E-state index in [9.17, 15) is 9.59 Å². The number of ether oxygens (including phenoxy) is 2. The molecular formula is C25H32N4O4. The Labute approximate surface area is 194 Å². The van der Waals surface area contributed by atoms with E-state index < -0.39 is 0 Å². The number of rotatable bonds is 8. The van der Waals surface area contributed by atoms with E-state index in [1.54, 1.807) is 13.2 Å². The maximum Gasteiger partial charge on any atom is 0.253 e. The van der Waals surface area contributed by atoms with Gasteiger partial charge in [0.15, 0.2) is 0 Å². The maximum atomic E-state index is 12.8. The molecule has 33 heavy (non-hydrogen) atoms. The van der Waals surface area contributed by atoms with Crippen LogP contribution in [0, 0.1) is 0 Å². The lowest BCUT2D eigenvalue weighted by molar-refractivity contribution is -0.129. The molecule has 2 aromatic rings. The number of hydrogen-bond donors (Lipinski definition) is 2. The molecule has 0 aromatic heterocycles. The molecule has 2 saturated heterocycles. The average molecular weight is 453 g/mol. The van der Waals surface area contributed by atoms with Crippen LogP contribution in [0.4, 0.5) is 11.4 Å². The van der Waals surface area contributed by atoms with Crippen LogP contribution < -0.4 is 20.3 Å². The number of carbonyl (C=O) groups is 2. The van der Waals surface area contributed by atoms with E-state index in [2.05, 4.69) is 15.5 Å². The molecule has 0 radical (unpaired) electrons. The van der Waals surface area contributed by atoms with Crippen molar-refractivity contribution in [3.63, 3.8) is 0 Å². The summed E-state index contributed by atoms with van der Waals surface area (Å²) < 4.78 is 10.8. The van der Waals surface area contributed by atoms with Crippen molar-refractivity contribution >= 4 is 23.2 Å². The summed E-state index contributed by atoms with van der Waals surface area (Å²) in [6, 6.07) is 15.3. The van der Waals surface area contributed by atoms with Crippen molar-refractivity contribution in [3.05, 3.63) is 54.1 Å². The molecule has 2 aromatic carbocycles. The number of anilines is 2. The number of methoxy groups -OCH3 is 1. The lowest BCUT2D eigenvalue weighted by Crippen LogP contribution is -2.50. The average Bonchev–Trinajstić information content (AvgIpc) is 3.40. The molecule has 8 heteroatoms. The normalized spacial score (nSPS) is 18.2. The van der Waals surface area contributed by atoms with Crippen LogP contribution in [-0.4, -0.2) is 75.8 Å². The first-order valence-corrected chi connectivity index (χ1v) is 11.5. The van der Waals surface area contributed by atoms with Gasteiger partial charge in [0.05, 0.1) is 25.3 Å². The summed E-state index contributed by atoms with van der Waals surface area (Å²) in [6.07, 6.45) is 2.10. The maximum absolute atomic E-state index is 12.8. The van der Waals surface area contributed by atoms with Crippen molar-refractivity contribution in [1.29, 1.82) is 0 Å². The Bertz CT molecular complexity index is 936. The number of nitrogens with zero attached hydrogens (tertiary/aromatic N) is 2. The monoisotopic (exact) mass is 452 g/mol. The Morgan fingerprint density at radius 1 is 1.06 bits per heavy atom. The van der Waals surface area contributed by atoms with E-state index in [4.69, 9.17) is 9.47 Å². The van der Waals surface area contributed by atoms with Gasteiger partial charge in [-0.15, -0.1) is 0 Å². The Balaban J connectivity index is 1.26. The molecule has 2 aliphatic rings. The topological polar surface area (TPSA) is 83.1 Å². The highest BCUT2D eigenvalue weighted by Gasteiger charge is 2.22. The van der Waals surface area contributed by atoms with Crippen molar-refractivity contribution in [1.82, 2.24) is 10.2 Å². The highest BCUT2D eigenvalue weighted by molar-refractivity contribution is 6.00. The largest absolute Gasteiger partial charge is 0.497 e. The number of para-hydroxylation sites is 1. The van der Waals surface area contributed by atoms with Crippen LogP contribution in [0.2, 0.25) is 0 Å². The summed E-state index contributed by atoms with van der Waals surface area (Å²) in [5.74, 6) is 0.701. The molecule has 1 unspecified atom stereocenters. The first kappa shape index (κ1) is 22.9. The molecule has 0 aliphatic carbocycles. The van der Waals surface area contributed by atoms with Gasteiger partial charge in [-0.05, 0) is 49.2 Å². The predicted molar refractivity (Wildman–Crippen MR) is 128 cm³/mol. The standard InChI is InChI=1S/C25H32N4O4/c1-32-20-10-8-19(9-11-20)28-12-14-29(15-13-28)24(30)18-26-23-7-3-2-6-22(23)25(31)27-17-21-5-4-16-33-21/h2-3,6-11,21,26H,4-5,12-18H2,1H3,(H,27,31). The molecule has 4 rings (SSSR count). The third kappa shape index (κ3) is 5.96. The molecule has 176 valence electrons. The Kier molecular flexibility index (Phi) is 7.67. The van der Waals surface area contributed by atoms with Crippen LogP contribution in [0.1, 0.15) is 23.2 Å². The van der Waals surface area contributed by atoms with E-state index >= 15 is 0 Å². The Morgan fingerprint density at radius 3 is 2.52 bits per heavy atom. The molecule has 2 aliphatic heterocycles. The first-order valence-electron chi connectivity index (χ1n) is 11.5. The number of amides is 2. The molecule has 2 heterocycles. The zero-order chi connectivity index (χ0) is 23.0. The molecule has 0 saturated carbocycles. The Morgan fingerprint density at radius 2 is 1.82 bits per heavy atom. The number of benzene rings is 2. The van der Waals surface area contributed by atoms with E-state index in [1.165, 1.54) is 0 Å². The summed E-state index contributed by atoms with van der Waals surface area (Å²) in [4.78, 5) is 29.6. The smallest absolute Gasteiger partial charge is 0.253 e. The third-order valence-corrected chi connectivity index (χ3v) is 6.19. The summed E-state index contributed by atoms with van der Waals surface area (Å²) in [6.45, 7) is 4.30. The molecule has 2 N–H and O–H groups in total. The second kappa shape index (κ2) is 11.0. The molecular weight excluding hydrogens is 420 g/mol. The Hall–Kier alpha value is -3.26. The zero-order valence-corrected chi connectivity index (χ0v) is 19.1. The third-order valence-electron chi connectivity index (χ3n) is 6.19. The molecule has 0 spiro atoms.